The number of aromatic nitrogens is 4. The smallest absolute Gasteiger partial charge is 0.407 e. The van der Waals surface area contributed by atoms with Crippen LogP contribution in [0.1, 0.15) is 43.6 Å². The first kappa shape index (κ1) is 23.7. The molecule has 0 unspecified atom stereocenters. The fourth-order valence-electron chi connectivity index (χ4n) is 3.83. The number of anilines is 1. The van der Waals surface area contributed by atoms with E-state index in [1.54, 1.807) is 15.6 Å². The van der Waals surface area contributed by atoms with Crippen LogP contribution in [0.15, 0.2) is 17.8 Å². The predicted octanol–water partition coefficient (Wildman–Crippen LogP) is 3.03. The Labute approximate surface area is 201 Å². The minimum absolute atomic E-state index is 0.0403. The molecule has 0 saturated carbocycles. The molecular formula is C22H29N7O4S. The zero-order valence-electron chi connectivity index (χ0n) is 19.7. The summed E-state index contributed by atoms with van der Waals surface area (Å²) in [4.78, 5) is 37.1. The Hall–Kier alpha value is -3.41. The maximum atomic E-state index is 13.6. The van der Waals surface area contributed by atoms with Crippen LogP contribution in [-0.4, -0.2) is 75.9 Å². The molecule has 11 nitrogen and oxygen atoms in total. The Kier molecular flexibility index (Phi) is 7.15. The number of methoxy groups -OCH3 is 2. The van der Waals surface area contributed by atoms with E-state index in [0.717, 1.165) is 16.8 Å². The van der Waals surface area contributed by atoms with Gasteiger partial charge in [0.25, 0.3) is 5.91 Å². The molecule has 2 amide bonds. The molecule has 1 aliphatic rings. The van der Waals surface area contributed by atoms with Gasteiger partial charge in [-0.15, -0.1) is 11.3 Å². The normalized spacial score (nSPS) is 15.2. The van der Waals surface area contributed by atoms with Gasteiger partial charge >= 0.3 is 6.09 Å². The molecule has 1 atom stereocenters. The second kappa shape index (κ2) is 10.2. The third-order valence-corrected chi connectivity index (χ3v) is 6.82. The second-order valence-electron chi connectivity index (χ2n) is 8.14. The minimum Gasteiger partial charge on any atom is -0.491 e. The average Bonchev–Trinajstić information content (AvgIpc) is 3.47. The molecule has 4 rings (SSSR count). The summed E-state index contributed by atoms with van der Waals surface area (Å²) in [5.41, 5.74) is 0.952. The molecule has 0 radical (unpaired) electrons. The van der Waals surface area contributed by atoms with E-state index < -0.39 is 6.09 Å². The first-order chi connectivity index (χ1) is 16.4. The number of hydrogen-bond donors (Lipinski definition) is 2. The van der Waals surface area contributed by atoms with Crippen LogP contribution >= 0.6 is 11.3 Å². The maximum Gasteiger partial charge on any atom is 0.407 e. The summed E-state index contributed by atoms with van der Waals surface area (Å²) in [6.07, 6.45) is 5.23. The van der Waals surface area contributed by atoms with E-state index in [9.17, 15) is 9.59 Å². The third-order valence-electron chi connectivity index (χ3n) is 5.93. The number of nitrogens with zero attached hydrogens (tertiary/aromatic N) is 5. The number of alkyl carbamates (subject to hydrolysis) is 1. The molecule has 2 N–H and O–H groups in total. The van der Waals surface area contributed by atoms with Crippen molar-refractivity contribution in [2.24, 2.45) is 0 Å². The topological polar surface area (TPSA) is 123 Å². The van der Waals surface area contributed by atoms with Crippen LogP contribution in [0.4, 0.5) is 10.6 Å². The van der Waals surface area contributed by atoms with Crippen LogP contribution in [0, 0.1) is 0 Å². The summed E-state index contributed by atoms with van der Waals surface area (Å²) in [5.74, 6) is 0.968. The summed E-state index contributed by atoms with van der Waals surface area (Å²) >= 11 is 1.53. The summed E-state index contributed by atoms with van der Waals surface area (Å²) in [7, 11) is 2.85. The lowest BCUT2D eigenvalue weighted by Gasteiger charge is -2.32. The standard InChI is InChI=1S/C22H29N7O4S/c1-5-13(2)24-19-17(32-3)16(20(30)28-8-6-14(7-9-28)25-22(31)33-4)26-18(27-19)15-12-23-29-10-11-34-21(15)29/h10-14H,5-9H2,1-4H3,(H,25,31)(H,24,26,27)/t13-/m0/s1. The van der Waals surface area contributed by atoms with E-state index in [1.165, 1.54) is 25.6 Å². The quantitative estimate of drug-likeness (QED) is 0.521. The van der Waals surface area contributed by atoms with Gasteiger partial charge in [0.1, 0.15) is 4.83 Å². The lowest BCUT2D eigenvalue weighted by atomic mass is 10.0. The third kappa shape index (κ3) is 4.76. The monoisotopic (exact) mass is 487 g/mol. The van der Waals surface area contributed by atoms with Gasteiger partial charge in [-0.2, -0.15) is 5.10 Å². The van der Waals surface area contributed by atoms with E-state index >= 15 is 0 Å². The number of nitrogens with one attached hydrogen (secondary N) is 2. The van der Waals surface area contributed by atoms with Gasteiger partial charge < -0.3 is 25.0 Å². The molecule has 0 aliphatic carbocycles. The van der Waals surface area contributed by atoms with Crippen LogP contribution < -0.4 is 15.4 Å². The average molecular weight is 488 g/mol. The van der Waals surface area contributed by atoms with Gasteiger partial charge in [-0.3, -0.25) is 4.79 Å². The van der Waals surface area contributed by atoms with Crippen molar-refractivity contribution in [3.63, 3.8) is 0 Å². The number of piperidine rings is 1. The highest BCUT2D eigenvalue weighted by Crippen LogP contribution is 2.33. The lowest BCUT2D eigenvalue weighted by Crippen LogP contribution is -2.46. The number of fused-ring (bicyclic) bond motifs is 1. The lowest BCUT2D eigenvalue weighted by molar-refractivity contribution is 0.0694. The van der Waals surface area contributed by atoms with Crippen molar-refractivity contribution in [2.45, 2.75) is 45.2 Å². The Morgan fingerprint density at radius 1 is 1.26 bits per heavy atom. The summed E-state index contributed by atoms with van der Waals surface area (Å²) in [6, 6.07) is 0.0789. The summed E-state index contributed by atoms with van der Waals surface area (Å²) in [5, 5.41) is 12.5. The van der Waals surface area contributed by atoms with Crippen molar-refractivity contribution >= 4 is 34.0 Å². The SMILES string of the molecule is CC[C@H](C)Nc1nc(-c2cnn3ccsc23)nc(C(=O)N2CCC(NC(=O)OC)CC2)c1OC. The first-order valence-electron chi connectivity index (χ1n) is 11.2. The van der Waals surface area contributed by atoms with E-state index in [0.29, 0.717) is 43.3 Å². The van der Waals surface area contributed by atoms with E-state index in [1.807, 2.05) is 18.5 Å². The van der Waals surface area contributed by atoms with Gasteiger partial charge in [0, 0.05) is 36.8 Å². The molecule has 34 heavy (non-hydrogen) atoms. The molecule has 1 fully saturated rings. The molecule has 0 bridgehead atoms. The number of rotatable bonds is 7. The largest absolute Gasteiger partial charge is 0.491 e. The van der Waals surface area contributed by atoms with Crippen LogP contribution in [0.5, 0.6) is 5.75 Å². The fourth-order valence-corrected chi connectivity index (χ4v) is 4.62. The summed E-state index contributed by atoms with van der Waals surface area (Å²) < 4.78 is 12.1. The van der Waals surface area contributed by atoms with Crippen molar-refractivity contribution < 1.29 is 19.1 Å². The van der Waals surface area contributed by atoms with Crippen LogP contribution in [0.25, 0.3) is 16.2 Å². The van der Waals surface area contributed by atoms with E-state index in [4.69, 9.17) is 9.72 Å². The number of carbonyl (C=O) groups is 2. The van der Waals surface area contributed by atoms with Crippen molar-refractivity contribution in [1.82, 2.24) is 29.8 Å². The van der Waals surface area contributed by atoms with Crippen molar-refractivity contribution in [3.05, 3.63) is 23.5 Å². The zero-order valence-corrected chi connectivity index (χ0v) is 20.5. The van der Waals surface area contributed by atoms with E-state index in [2.05, 4.69) is 32.4 Å². The molecule has 0 aromatic carbocycles. The van der Waals surface area contributed by atoms with Gasteiger partial charge in [0.15, 0.2) is 23.1 Å². The van der Waals surface area contributed by atoms with Gasteiger partial charge in [0.2, 0.25) is 0 Å². The van der Waals surface area contributed by atoms with Gasteiger partial charge in [-0.25, -0.2) is 19.3 Å². The highest BCUT2D eigenvalue weighted by Gasteiger charge is 2.30. The molecule has 4 heterocycles. The van der Waals surface area contributed by atoms with Gasteiger partial charge in [-0.1, -0.05) is 6.92 Å². The highest BCUT2D eigenvalue weighted by atomic mass is 32.1. The Morgan fingerprint density at radius 3 is 2.71 bits per heavy atom. The number of ether oxygens (including phenoxy) is 2. The molecule has 1 aliphatic heterocycles. The van der Waals surface area contributed by atoms with Crippen LogP contribution in [0.3, 0.4) is 0 Å². The number of likely N-dealkylation sites (tertiary alicyclic amines) is 1. The molecule has 182 valence electrons. The molecule has 1 saturated heterocycles. The minimum atomic E-state index is -0.464. The Bertz CT molecular complexity index is 1170. The molecule has 12 heteroatoms. The number of carbonyl (C=O) groups excluding carboxylic acids is 2. The predicted molar refractivity (Wildman–Crippen MR) is 128 cm³/mol. The van der Waals surface area contributed by atoms with E-state index in [-0.39, 0.29) is 23.7 Å². The van der Waals surface area contributed by atoms with Gasteiger partial charge in [0.05, 0.1) is 26.0 Å². The molecule has 3 aromatic heterocycles. The van der Waals surface area contributed by atoms with Crippen molar-refractivity contribution in [3.8, 4) is 17.1 Å². The van der Waals surface area contributed by atoms with Crippen LogP contribution in [0.2, 0.25) is 0 Å². The maximum absolute atomic E-state index is 13.6. The number of hydrogen-bond acceptors (Lipinski definition) is 9. The van der Waals surface area contributed by atoms with Crippen LogP contribution in [-0.2, 0) is 4.74 Å². The Morgan fingerprint density at radius 2 is 2.03 bits per heavy atom. The molecule has 0 spiro atoms. The summed E-state index contributed by atoms with van der Waals surface area (Å²) in [6.45, 7) is 5.07. The fraction of sp³-hybridized carbons (Fsp3) is 0.500. The Balaban J connectivity index is 1.68. The first-order valence-corrected chi connectivity index (χ1v) is 12.1. The van der Waals surface area contributed by atoms with Crippen molar-refractivity contribution in [1.29, 1.82) is 0 Å². The van der Waals surface area contributed by atoms with Gasteiger partial charge in [-0.05, 0) is 26.2 Å². The number of thiazole rings is 1. The number of amides is 2. The highest BCUT2D eigenvalue weighted by molar-refractivity contribution is 7.16. The molecular weight excluding hydrogens is 458 g/mol. The second-order valence-corrected chi connectivity index (χ2v) is 9.04. The zero-order chi connectivity index (χ0) is 24.2. The van der Waals surface area contributed by atoms with Crippen molar-refractivity contribution in [2.75, 3.05) is 32.6 Å². The molecule has 3 aromatic rings.